The van der Waals surface area contributed by atoms with Crippen molar-refractivity contribution in [2.45, 2.75) is 58.5 Å². The number of fused-ring (bicyclic) bond motifs is 1. The number of carbonyl (C=O) groups is 1. The van der Waals surface area contributed by atoms with Crippen molar-refractivity contribution in [2.75, 3.05) is 17.7 Å². The number of esters is 1. The molecule has 4 rings (SSSR count). The summed E-state index contributed by atoms with van der Waals surface area (Å²) in [6.45, 7) is 10.1. The molecule has 208 valence electrons. The van der Waals surface area contributed by atoms with Crippen LogP contribution in [0.3, 0.4) is 0 Å². The predicted molar refractivity (Wildman–Crippen MR) is 158 cm³/mol. The van der Waals surface area contributed by atoms with E-state index in [1.54, 1.807) is 16.8 Å². The SMILES string of the molecule is CCOc1cc(C2C(C(=O)OC(C)C)=C(C)Nc3nc(SCC)nn32)cc(Br)c1OCc1ccc(Cl)c(Cl)c1. The Hall–Kier alpha value is -2.40. The van der Waals surface area contributed by atoms with E-state index in [0.29, 0.717) is 55.0 Å². The molecule has 1 aromatic heterocycles. The number of benzene rings is 2. The molecule has 2 heterocycles. The van der Waals surface area contributed by atoms with Gasteiger partial charge in [-0.05, 0) is 84.8 Å². The van der Waals surface area contributed by atoms with Gasteiger partial charge in [0, 0.05) is 5.70 Å². The van der Waals surface area contributed by atoms with Crippen LogP contribution in [0.1, 0.15) is 51.8 Å². The number of nitrogens with one attached hydrogen (secondary N) is 1. The Morgan fingerprint density at radius 2 is 1.95 bits per heavy atom. The van der Waals surface area contributed by atoms with Gasteiger partial charge in [-0.15, -0.1) is 5.10 Å². The molecular weight excluding hydrogens is 627 g/mol. The number of hydrogen-bond acceptors (Lipinski definition) is 8. The van der Waals surface area contributed by atoms with E-state index in [9.17, 15) is 4.79 Å². The summed E-state index contributed by atoms with van der Waals surface area (Å²) in [5, 5.41) is 9.48. The summed E-state index contributed by atoms with van der Waals surface area (Å²) in [6.07, 6.45) is -0.287. The van der Waals surface area contributed by atoms with Gasteiger partial charge in [0.25, 0.3) is 0 Å². The number of hydrogen-bond donors (Lipinski definition) is 1. The van der Waals surface area contributed by atoms with Crippen molar-refractivity contribution >= 4 is 62.8 Å². The monoisotopic (exact) mass is 654 g/mol. The highest BCUT2D eigenvalue weighted by atomic mass is 79.9. The van der Waals surface area contributed by atoms with Crippen LogP contribution in [0.5, 0.6) is 11.5 Å². The number of ether oxygens (including phenoxy) is 3. The van der Waals surface area contributed by atoms with E-state index in [2.05, 4.69) is 26.2 Å². The van der Waals surface area contributed by atoms with Gasteiger partial charge in [-0.1, -0.05) is 48.0 Å². The van der Waals surface area contributed by atoms with Crippen molar-refractivity contribution in [2.24, 2.45) is 0 Å². The first kappa shape index (κ1) is 29.6. The third-order valence-corrected chi connectivity index (χ3v) is 7.73. The van der Waals surface area contributed by atoms with Crippen molar-refractivity contribution in [3.63, 3.8) is 0 Å². The van der Waals surface area contributed by atoms with Gasteiger partial charge in [-0.3, -0.25) is 0 Å². The fraction of sp³-hybridized carbons (Fsp3) is 0.370. The van der Waals surface area contributed by atoms with Crippen LogP contribution in [-0.4, -0.2) is 39.2 Å². The fourth-order valence-corrected chi connectivity index (χ4v) is 5.56. The standard InChI is InChI=1S/C27H29BrCl2N4O4S/c1-6-36-21-12-17(11-18(28)24(21)37-13-16-8-9-19(29)20(30)10-16)23-22(25(35)38-14(3)4)15(5)31-26-32-27(39-7-2)33-34(23)26/h8-12,14,23H,6-7,13H2,1-5H3,(H,31,32,33). The lowest BCUT2D eigenvalue weighted by Gasteiger charge is -2.29. The second-order valence-electron chi connectivity index (χ2n) is 8.92. The quantitative estimate of drug-likeness (QED) is 0.176. The number of thioether (sulfide) groups is 1. The zero-order valence-corrected chi connectivity index (χ0v) is 26.1. The zero-order chi connectivity index (χ0) is 28.3. The highest BCUT2D eigenvalue weighted by Crippen LogP contribution is 2.44. The molecule has 0 saturated carbocycles. The molecule has 8 nitrogen and oxygen atoms in total. The van der Waals surface area contributed by atoms with Crippen LogP contribution < -0.4 is 14.8 Å². The second-order valence-corrected chi connectivity index (χ2v) is 11.8. The van der Waals surface area contributed by atoms with Crippen LogP contribution in [0.15, 0.2) is 51.2 Å². The Morgan fingerprint density at radius 3 is 2.62 bits per heavy atom. The Bertz CT molecular complexity index is 1410. The minimum atomic E-state index is -0.606. The van der Waals surface area contributed by atoms with Gasteiger partial charge in [0.05, 0.1) is 32.8 Å². The normalized spacial score (nSPS) is 14.7. The highest BCUT2D eigenvalue weighted by Gasteiger charge is 2.36. The smallest absolute Gasteiger partial charge is 0.338 e. The van der Waals surface area contributed by atoms with Gasteiger partial charge in [0.2, 0.25) is 11.1 Å². The van der Waals surface area contributed by atoms with Crippen molar-refractivity contribution < 1.29 is 19.0 Å². The van der Waals surface area contributed by atoms with Crippen molar-refractivity contribution in [1.29, 1.82) is 0 Å². The van der Waals surface area contributed by atoms with Crippen LogP contribution in [-0.2, 0) is 16.1 Å². The zero-order valence-electron chi connectivity index (χ0n) is 22.2. The van der Waals surface area contributed by atoms with E-state index >= 15 is 0 Å². The molecule has 0 radical (unpaired) electrons. The Morgan fingerprint density at radius 1 is 1.18 bits per heavy atom. The van der Waals surface area contributed by atoms with E-state index in [0.717, 1.165) is 16.9 Å². The van der Waals surface area contributed by atoms with Gasteiger partial charge in [-0.2, -0.15) is 4.98 Å². The van der Waals surface area contributed by atoms with Crippen molar-refractivity contribution in [1.82, 2.24) is 14.8 Å². The van der Waals surface area contributed by atoms with Crippen molar-refractivity contribution in [3.8, 4) is 11.5 Å². The number of halogens is 3. The molecule has 2 aromatic carbocycles. The largest absolute Gasteiger partial charge is 0.490 e. The molecule has 1 N–H and O–H groups in total. The molecule has 0 spiro atoms. The van der Waals surface area contributed by atoms with Gasteiger partial charge < -0.3 is 19.5 Å². The molecule has 39 heavy (non-hydrogen) atoms. The average molecular weight is 656 g/mol. The predicted octanol–water partition coefficient (Wildman–Crippen LogP) is 7.68. The third-order valence-electron chi connectivity index (χ3n) is 5.68. The molecule has 0 amide bonds. The summed E-state index contributed by atoms with van der Waals surface area (Å²) in [4.78, 5) is 18.0. The summed E-state index contributed by atoms with van der Waals surface area (Å²) in [7, 11) is 0. The van der Waals surface area contributed by atoms with Crippen LogP contribution >= 0.6 is 50.9 Å². The molecule has 0 aliphatic carbocycles. The molecule has 1 aliphatic heterocycles. The fourth-order valence-electron chi connectivity index (χ4n) is 4.11. The molecule has 1 atom stereocenters. The number of nitrogens with zero attached hydrogens (tertiary/aromatic N) is 3. The average Bonchev–Trinajstić information content (AvgIpc) is 3.26. The topological polar surface area (TPSA) is 87.5 Å². The Balaban J connectivity index is 1.78. The lowest BCUT2D eigenvalue weighted by atomic mass is 9.95. The molecule has 0 saturated heterocycles. The first-order valence-electron chi connectivity index (χ1n) is 12.4. The summed E-state index contributed by atoms with van der Waals surface area (Å²) in [5.41, 5.74) is 2.69. The number of allylic oxidation sites excluding steroid dienone is 1. The maximum Gasteiger partial charge on any atom is 0.338 e. The lowest BCUT2D eigenvalue weighted by Crippen LogP contribution is -2.30. The maximum absolute atomic E-state index is 13.3. The van der Waals surface area contributed by atoms with E-state index < -0.39 is 12.0 Å². The molecular formula is C27H29BrCl2N4O4S. The summed E-state index contributed by atoms with van der Waals surface area (Å²) >= 11 is 17.4. The van der Waals surface area contributed by atoms with Gasteiger partial charge in [0.1, 0.15) is 12.6 Å². The first-order valence-corrected chi connectivity index (χ1v) is 15.0. The molecule has 0 bridgehead atoms. The van der Waals surface area contributed by atoms with Crippen LogP contribution in [0.4, 0.5) is 5.95 Å². The second kappa shape index (κ2) is 12.8. The van der Waals surface area contributed by atoms with Crippen LogP contribution in [0.2, 0.25) is 10.0 Å². The molecule has 0 fully saturated rings. The molecule has 3 aromatic rings. The maximum atomic E-state index is 13.3. The minimum Gasteiger partial charge on any atom is -0.490 e. The number of rotatable bonds is 10. The third kappa shape index (κ3) is 6.67. The molecule has 1 aliphatic rings. The first-order chi connectivity index (χ1) is 18.6. The van der Waals surface area contributed by atoms with Crippen LogP contribution in [0.25, 0.3) is 0 Å². The Labute approximate surface area is 250 Å². The van der Waals surface area contributed by atoms with Gasteiger partial charge >= 0.3 is 5.97 Å². The lowest BCUT2D eigenvalue weighted by molar-refractivity contribution is -0.143. The number of aromatic nitrogens is 3. The van der Waals surface area contributed by atoms with Gasteiger partial charge in [0.15, 0.2) is 11.5 Å². The van der Waals surface area contributed by atoms with Crippen molar-refractivity contribution in [3.05, 3.63) is 67.2 Å². The number of carbonyl (C=O) groups excluding carboxylic acids is 1. The summed E-state index contributed by atoms with van der Waals surface area (Å²) in [6, 6.07) is 8.50. The minimum absolute atomic E-state index is 0.248. The van der Waals surface area contributed by atoms with E-state index in [4.69, 9.17) is 42.5 Å². The van der Waals surface area contributed by atoms with E-state index in [1.807, 2.05) is 52.8 Å². The van der Waals surface area contributed by atoms with E-state index in [-0.39, 0.29) is 12.7 Å². The molecule has 12 heteroatoms. The van der Waals surface area contributed by atoms with Crippen LogP contribution in [0, 0.1) is 0 Å². The summed E-state index contributed by atoms with van der Waals surface area (Å²) in [5.74, 6) is 1.96. The molecule has 1 unspecified atom stereocenters. The Kier molecular flexibility index (Phi) is 9.74. The van der Waals surface area contributed by atoms with Gasteiger partial charge in [-0.25, -0.2) is 9.48 Å². The summed E-state index contributed by atoms with van der Waals surface area (Å²) < 4.78 is 20.2. The highest BCUT2D eigenvalue weighted by molar-refractivity contribution is 9.10. The number of anilines is 1. The van der Waals surface area contributed by atoms with E-state index in [1.165, 1.54) is 11.8 Å².